The predicted octanol–water partition coefficient (Wildman–Crippen LogP) is 2.67. The van der Waals surface area contributed by atoms with Crippen molar-refractivity contribution >= 4 is 0 Å². The molecule has 0 aliphatic carbocycles. The van der Waals surface area contributed by atoms with Crippen LogP contribution in [-0.2, 0) is 11.3 Å². The highest BCUT2D eigenvalue weighted by Crippen LogP contribution is 2.32. The van der Waals surface area contributed by atoms with Gasteiger partial charge >= 0.3 is 0 Å². The molecular weight excluding hydrogens is 266 g/mol. The molecule has 2 unspecified atom stereocenters. The maximum atomic E-state index is 6.31. The molecule has 110 valence electrons. The molecule has 0 fully saturated rings. The van der Waals surface area contributed by atoms with Gasteiger partial charge in [-0.2, -0.15) is 0 Å². The third-order valence-electron chi connectivity index (χ3n) is 3.58. The zero-order valence-corrected chi connectivity index (χ0v) is 12.0. The quantitative estimate of drug-likeness (QED) is 0.938. The molecule has 2 aromatic carbocycles. The van der Waals surface area contributed by atoms with Crippen molar-refractivity contribution in [1.82, 2.24) is 0 Å². The van der Waals surface area contributed by atoms with Gasteiger partial charge in [0, 0.05) is 12.7 Å². The lowest BCUT2D eigenvalue weighted by Gasteiger charge is -2.31. The van der Waals surface area contributed by atoms with Gasteiger partial charge in [-0.05, 0) is 23.8 Å². The first-order valence-corrected chi connectivity index (χ1v) is 7.00. The number of hydrogen-bond donors (Lipinski definition) is 1. The summed E-state index contributed by atoms with van der Waals surface area (Å²) < 4.78 is 16.9. The average Bonchev–Trinajstić information content (AvgIpc) is 2.51. The lowest BCUT2D eigenvalue weighted by Crippen LogP contribution is -2.40. The summed E-state index contributed by atoms with van der Waals surface area (Å²) in [5, 5.41) is 0. The fraction of sp³-hybridized carbons (Fsp3) is 0.294. The molecule has 3 rings (SSSR count). The van der Waals surface area contributed by atoms with E-state index in [1.807, 2.05) is 48.5 Å². The van der Waals surface area contributed by atoms with Crippen molar-refractivity contribution in [3.05, 3.63) is 59.7 Å². The lowest BCUT2D eigenvalue weighted by atomic mass is 9.99. The van der Waals surface area contributed by atoms with E-state index in [9.17, 15) is 0 Å². The molecule has 0 aromatic heterocycles. The van der Waals surface area contributed by atoms with Gasteiger partial charge in [0.2, 0.25) is 0 Å². The maximum Gasteiger partial charge on any atom is 0.152 e. The minimum absolute atomic E-state index is 0.193. The molecule has 0 saturated heterocycles. The second kappa shape index (κ2) is 6.16. The van der Waals surface area contributed by atoms with Gasteiger partial charge in [0.05, 0.1) is 12.6 Å². The van der Waals surface area contributed by atoms with Crippen LogP contribution in [0.2, 0.25) is 0 Å². The van der Waals surface area contributed by atoms with E-state index in [0.29, 0.717) is 13.2 Å². The molecule has 2 atom stereocenters. The zero-order chi connectivity index (χ0) is 14.7. The summed E-state index contributed by atoms with van der Waals surface area (Å²) in [7, 11) is 1.68. The molecular formula is C17H19NO3. The molecule has 0 bridgehead atoms. The molecule has 0 saturated carbocycles. The number of fused-ring (bicyclic) bond motifs is 1. The predicted molar refractivity (Wildman–Crippen MR) is 80.4 cm³/mol. The summed E-state index contributed by atoms with van der Waals surface area (Å²) in [6.45, 7) is 1.01. The molecule has 4 heteroatoms. The van der Waals surface area contributed by atoms with E-state index in [-0.39, 0.29) is 12.1 Å². The van der Waals surface area contributed by atoms with E-state index >= 15 is 0 Å². The Hall–Kier alpha value is -2.04. The molecule has 21 heavy (non-hydrogen) atoms. The van der Waals surface area contributed by atoms with Gasteiger partial charge < -0.3 is 19.9 Å². The summed E-state index contributed by atoms with van der Waals surface area (Å²) in [6, 6.07) is 15.5. The minimum atomic E-state index is -0.197. The van der Waals surface area contributed by atoms with Crippen LogP contribution in [0.3, 0.4) is 0 Å². The zero-order valence-electron chi connectivity index (χ0n) is 12.0. The topological polar surface area (TPSA) is 53.7 Å². The van der Waals surface area contributed by atoms with Crippen LogP contribution in [0, 0.1) is 0 Å². The number of nitrogens with two attached hydrogens (primary N) is 1. The van der Waals surface area contributed by atoms with Gasteiger partial charge in [-0.1, -0.05) is 30.3 Å². The Labute approximate surface area is 124 Å². The highest BCUT2D eigenvalue weighted by molar-refractivity contribution is 5.38. The van der Waals surface area contributed by atoms with Crippen molar-refractivity contribution in [1.29, 1.82) is 0 Å². The van der Waals surface area contributed by atoms with Crippen LogP contribution in [-0.4, -0.2) is 19.8 Å². The number of methoxy groups -OCH3 is 1. The second-order valence-corrected chi connectivity index (χ2v) is 5.11. The first-order valence-electron chi connectivity index (χ1n) is 7.00. The minimum Gasteiger partial charge on any atom is -0.489 e. The Morgan fingerprint density at radius 3 is 2.90 bits per heavy atom. The van der Waals surface area contributed by atoms with Crippen molar-refractivity contribution in [3.63, 3.8) is 0 Å². The first kappa shape index (κ1) is 13.9. The normalized spacial score (nSPS) is 20.5. The monoisotopic (exact) mass is 285 g/mol. The number of rotatable bonds is 4. The third-order valence-corrected chi connectivity index (χ3v) is 3.58. The third kappa shape index (κ3) is 3.01. The molecule has 0 amide bonds. The lowest BCUT2D eigenvalue weighted by molar-refractivity contribution is 0.0875. The van der Waals surface area contributed by atoms with Crippen LogP contribution in [0.15, 0.2) is 48.5 Å². The smallest absolute Gasteiger partial charge is 0.152 e. The van der Waals surface area contributed by atoms with Crippen LogP contribution in [0.4, 0.5) is 0 Å². The molecule has 2 aromatic rings. The van der Waals surface area contributed by atoms with E-state index in [1.54, 1.807) is 7.11 Å². The summed E-state index contributed by atoms with van der Waals surface area (Å²) in [5.41, 5.74) is 8.36. The molecule has 1 aliphatic heterocycles. The largest absolute Gasteiger partial charge is 0.489 e. The van der Waals surface area contributed by atoms with Crippen LogP contribution in [0.5, 0.6) is 11.5 Å². The molecule has 0 radical (unpaired) electrons. The van der Waals surface area contributed by atoms with Gasteiger partial charge in [0.1, 0.15) is 18.1 Å². The van der Waals surface area contributed by atoms with Gasteiger partial charge in [-0.3, -0.25) is 0 Å². The van der Waals surface area contributed by atoms with Gasteiger partial charge in [-0.15, -0.1) is 0 Å². The number of benzene rings is 2. The molecule has 1 heterocycles. The van der Waals surface area contributed by atoms with Crippen molar-refractivity contribution in [2.24, 2.45) is 5.73 Å². The van der Waals surface area contributed by atoms with Crippen LogP contribution < -0.4 is 15.2 Å². The Balaban J connectivity index is 1.75. The van der Waals surface area contributed by atoms with Gasteiger partial charge in [-0.25, -0.2) is 0 Å². The molecule has 4 nitrogen and oxygen atoms in total. The Morgan fingerprint density at radius 2 is 2.05 bits per heavy atom. The number of ether oxygens (including phenoxy) is 3. The maximum absolute atomic E-state index is 6.31. The van der Waals surface area contributed by atoms with Crippen LogP contribution in [0.1, 0.15) is 17.2 Å². The highest BCUT2D eigenvalue weighted by Gasteiger charge is 2.29. The SMILES string of the molecule is COCc1cccc(OC2COc3ccccc3C2N)c1. The molecule has 1 aliphatic rings. The van der Waals surface area contributed by atoms with Crippen LogP contribution in [0.25, 0.3) is 0 Å². The van der Waals surface area contributed by atoms with Crippen molar-refractivity contribution in [3.8, 4) is 11.5 Å². The summed E-state index contributed by atoms with van der Waals surface area (Å²) in [5.74, 6) is 1.63. The second-order valence-electron chi connectivity index (χ2n) is 5.11. The average molecular weight is 285 g/mol. The summed E-state index contributed by atoms with van der Waals surface area (Å²) in [4.78, 5) is 0. The fourth-order valence-electron chi connectivity index (χ4n) is 2.52. The Morgan fingerprint density at radius 1 is 1.19 bits per heavy atom. The number of para-hydroxylation sites is 1. The first-order chi connectivity index (χ1) is 10.3. The summed E-state index contributed by atoms with van der Waals surface area (Å²) >= 11 is 0. The van der Waals surface area contributed by atoms with E-state index in [1.165, 1.54) is 0 Å². The van der Waals surface area contributed by atoms with Crippen molar-refractivity contribution in [2.45, 2.75) is 18.8 Å². The van der Waals surface area contributed by atoms with Gasteiger partial charge in [0.25, 0.3) is 0 Å². The van der Waals surface area contributed by atoms with E-state index in [4.69, 9.17) is 19.9 Å². The van der Waals surface area contributed by atoms with Gasteiger partial charge in [0.15, 0.2) is 6.10 Å². The Kier molecular flexibility index (Phi) is 4.08. The fourth-order valence-corrected chi connectivity index (χ4v) is 2.52. The highest BCUT2D eigenvalue weighted by atomic mass is 16.5. The number of hydrogen-bond acceptors (Lipinski definition) is 4. The standard InChI is InChI=1S/C17H19NO3/c1-19-10-12-5-4-6-13(9-12)21-16-11-20-15-8-3-2-7-14(15)17(16)18/h2-9,16-17H,10-11,18H2,1H3. The molecule has 0 spiro atoms. The molecule has 2 N–H and O–H groups in total. The van der Waals surface area contributed by atoms with E-state index < -0.39 is 0 Å². The van der Waals surface area contributed by atoms with E-state index in [0.717, 1.165) is 22.6 Å². The van der Waals surface area contributed by atoms with E-state index in [2.05, 4.69) is 0 Å². The Bertz CT molecular complexity index is 614. The van der Waals surface area contributed by atoms with Crippen molar-refractivity contribution in [2.75, 3.05) is 13.7 Å². The summed E-state index contributed by atoms with van der Waals surface area (Å²) in [6.07, 6.45) is -0.197. The van der Waals surface area contributed by atoms with Crippen LogP contribution >= 0.6 is 0 Å². The van der Waals surface area contributed by atoms with Crippen molar-refractivity contribution < 1.29 is 14.2 Å².